The molecule has 0 spiro atoms. The summed E-state index contributed by atoms with van der Waals surface area (Å²) < 4.78 is 27.9. The van der Waals surface area contributed by atoms with Gasteiger partial charge in [-0.2, -0.15) is 0 Å². The van der Waals surface area contributed by atoms with Crippen LogP contribution in [0.15, 0.2) is 12.1 Å². The van der Waals surface area contributed by atoms with Crippen molar-refractivity contribution in [2.24, 2.45) is 5.92 Å². The molecule has 2 aliphatic rings. The normalized spacial score (nSPS) is 29.8. The number of esters is 1. The van der Waals surface area contributed by atoms with E-state index in [1.165, 1.54) is 13.8 Å². The fourth-order valence-corrected chi connectivity index (χ4v) is 5.54. The van der Waals surface area contributed by atoms with Crippen LogP contribution in [0.4, 0.5) is 0 Å². The summed E-state index contributed by atoms with van der Waals surface area (Å²) in [6, 6.07) is 1.61. The van der Waals surface area contributed by atoms with Crippen LogP contribution in [0.3, 0.4) is 0 Å². The first-order valence-electron chi connectivity index (χ1n) is 15.5. The number of ketones is 1. The highest BCUT2D eigenvalue weighted by Gasteiger charge is 2.48. The Morgan fingerprint density at radius 2 is 1.22 bits per heavy atom. The number of benzene rings is 2. The summed E-state index contributed by atoms with van der Waals surface area (Å²) in [6.45, 7) is 4.68. The van der Waals surface area contributed by atoms with Gasteiger partial charge in [-0.3, -0.25) is 4.79 Å². The number of Topliss-reactive ketones (excluding diaryl/α,β-unsaturated/α-hetero) is 1. The van der Waals surface area contributed by atoms with E-state index in [4.69, 9.17) is 23.7 Å². The highest BCUT2D eigenvalue weighted by molar-refractivity contribution is 6.02. The van der Waals surface area contributed by atoms with E-state index in [0.717, 1.165) is 12.1 Å². The molecule has 50 heavy (non-hydrogen) atoms. The first-order chi connectivity index (χ1) is 23.4. The molecule has 278 valence electrons. The molecule has 2 fully saturated rings. The first-order valence-corrected chi connectivity index (χ1v) is 15.5. The molecule has 0 bridgehead atoms. The fraction of sp³-hybridized carbons (Fsp3) is 0.562. The van der Waals surface area contributed by atoms with Crippen LogP contribution in [0.1, 0.15) is 52.1 Å². The molecule has 0 aliphatic carbocycles. The molecule has 0 amide bonds. The molecule has 2 heterocycles. The van der Waals surface area contributed by atoms with Crippen LogP contribution in [0.2, 0.25) is 0 Å². The Hall–Kier alpha value is -3.98. The number of phenols is 4. The Balaban J connectivity index is 1.66. The monoisotopic (exact) mass is 714 g/mol. The van der Waals surface area contributed by atoms with Gasteiger partial charge in [-0.05, 0) is 31.9 Å². The molecule has 0 saturated carbocycles. The third-order valence-electron chi connectivity index (χ3n) is 8.38. The van der Waals surface area contributed by atoms with Crippen molar-refractivity contribution in [3.63, 3.8) is 0 Å². The maximum atomic E-state index is 13.4. The van der Waals surface area contributed by atoms with Gasteiger partial charge in [-0.15, -0.1) is 0 Å². The number of carbonyl (C=O) groups excluding carboxylic acids is 2. The van der Waals surface area contributed by atoms with Gasteiger partial charge in [0.1, 0.15) is 78.3 Å². The second kappa shape index (κ2) is 15.5. The standard InChI is InChI=1S/C32H42O18/c1-10(2)5-14(34)19-20(37)11(3)28(12(4)29(19)50-31-26(43)24(41)22(39)17(8-33)47-31)49-32-27(44)25(42)23(40)18(48-32)9-46-30(45)13-6-15(35)21(38)16(36)7-13/h6-7,10,17-18,22-27,31-33,35-44H,5,8-9H2,1-4H3. The largest absolute Gasteiger partial charge is 0.507 e. The van der Waals surface area contributed by atoms with Gasteiger partial charge in [-0.1, -0.05) is 13.8 Å². The molecule has 4 rings (SSSR count). The molecule has 0 radical (unpaired) electrons. The lowest BCUT2D eigenvalue weighted by Gasteiger charge is -2.41. The number of phenolic OH excluding ortho intramolecular Hbond substituents is 4. The van der Waals surface area contributed by atoms with Crippen LogP contribution < -0.4 is 9.47 Å². The van der Waals surface area contributed by atoms with E-state index >= 15 is 0 Å². The molecule has 10 atom stereocenters. The Morgan fingerprint density at radius 3 is 1.74 bits per heavy atom. The number of aliphatic hydroxyl groups is 7. The average molecular weight is 715 g/mol. The summed E-state index contributed by atoms with van der Waals surface area (Å²) in [7, 11) is 0. The van der Waals surface area contributed by atoms with Gasteiger partial charge in [0, 0.05) is 17.5 Å². The van der Waals surface area contributed by atoms with E-state index in [0.29, 0.717) is 0 Å². The number of rotatable bonds is 11. The molecule has 2 aliphatic heterocycles. The number of aromatic hydroxyl groups is 4. The zero-order valence-electron chi connectivity index (χ0n) is 27.4. The summed E-state index contributed by atoms with van der Waals surface area (Å²) in [4.78, 5) is 26.0. The molecule has 10 unspecified atom stereocenters. The van der Waals surface area contributed by atoms with Crippen molar-refractivity contribution in [1.82, 2.24) is 0 Å². The summed E-state index contributed by atoms with van der Waals surface area (Å²) in [5.41, 5.74) is -0.843. The molecule has 0 aromatic heterocycles. The Bertz CT molecular complexity index is 1540. The summed E-state index contributed by atoms with van der Waals surface area (Å²) >= 11 is 0. The topological polar surface area (TPSA) is 303 Å². The summed E-state index contributed by atoms with van der Waals surface area (Å²) in [5, 5.41) is 113. The van der Waals surface area contributed by atoms with Crippen LogP contribution in [0.25, 0.3) is 0 Å². The predicted octanol–water partition coefficient (Wildman–Crippen LogP) is -1.42. The van der Waals surface area contributed by atoms with E-state index in [1.54, 1.807) is 13.8 Å². The summed E-state index contributed by atoms with van der Waals surface area (Å²) in [6.07, 6.45) is -17.8. The van der Waals surface area contributed by atoms with E-state index in [1.807, 2.05) is 0 Å². The highest BCUT2D eigenvalue weighted by atomic mass is 16.7. The maximum absolute atomic E-state index is 13.4. The second-order valence-corrected chi connectivity index (χ2v) is 12.6. The lowest BCUT2D eigenvalue weighted by Crippen LogP contribution is -2.60. The van der Waals surface area contributed by atoms with E-state index in [2.05, 4.69) is 0 Å². The Morgan fingerprint density at radius 1 is 0.720 bits per heavy atom. The number of carbonyl (C=O) groups is 2. The lowest BCUT2D eigenvalue weighted by atomic mass is 9.94. The van der Waals surface area contributed by atoms with Gasteiger partial charge in [0.15, 0.2) is 23.0 Å². The molecule has 2 saturated heterocycles. The zero-order chi connectivity index (χ0) is 37.4. The first kappa shape index (κ1) is 38.8. The van der Waals surface area contributed by atoms with Crippen molar-refractivity contribution in [2.45, 2.75) is 95.5 Å². The minimum Gasteiger partial charge on any atom is -0.507 e. The molecule has 11 N–H and O–H groups in total. The molecule has 18 heteroatoms. The molecular formula is C32H42O18. The van der Waals surface area contributed by atoms with E-state index in [9.17, 15) is 65.8 Å². The van der Waals surface area contributed by atoms with Crippen LogP contribution in [0.5, 0.6) is 34.5 Å². The lowest BCUT2D eigenvalue weighted by molar-refractivity contribution is -0.278. The molecular weight excluding hydrogens is 672 g/mol. The van der Waals surface area contributed by atoms with Gasteiger partial charge in [-0.25, -0.2) is 4.79 Å². The number of aliphatic hydroxyl groups excluding tert-OH is 7. The minimum absolute atomic E-state index is 0.0318. The van der Waals surface area contributed by atoms with Crippen molar-refractivity contribution >= 4 is 11.8 Å². The van der Waals surface area contributed by atoms with Crippen LogP contribution in [-0.2, 0) is 14.2 Å². The van der Waals surface area contributed by atoms with Crippen LogP contribution in [0, 0.1) is 19.8 Å². The SMILES string of the molecule is Cc1c(O)c(C(=O)CC(C)C)c(OC2OC(CO)C(O)C(O)C2O)c(C)c1OC1OC(COC(=O)c2cc(O)c(O)c(O)c2)C(O)C(O)C1O. The second-order valence-electron chi connectivity index (χ2n) is 12.6. The van der Waals surface area contributed by atoms with E-state index < -0.39 is 121 Å². The molecule has 18 nitrogen and oxygen atoms in total. The van der Waals surface area contributed by atoms with Gasteiger partial charge >= 0.3 is 5.97 Å². The van der Waals surface area contributed by atoms with E-state index in [-0.39, 0.29) is 34.8 Å². The van der Waals surface area contributed by atoms with Gasteiger partial charge in [0.25, 0.3) is 0 Å². The minimum atomic E-state index is -1.94. The fourth-order valence-electron chi connectivity index (χ4n) is 5.54. The van der Waals surface area contributed by atoms with Crippen LogP contribution >= 0.6 is 0 Å². The van der Waals surface area contributed by atoms with Crippen molar-refractivity contribution in [3.05, 3.63) is 34.4 Å². The van der Waals surface area contributed by atoms with Crippen LogP contribution in [-0.4, -0.2) is 143 Å². The number of ether oxygens (including phenoxy) is 5. The van der Waals surface area contributed by atoms with Crippen molar-refractivity contribution in [3.8, 4) is 34.5 Å². The van der Waals surface area contributed by atoms with Crippen molar-refractivity contribution in [1.29, 1.82) is 0 Å². The number of hydrogen-bond acceptors (Lipinski definition) is 18. The van der Waals surface area contributed by atoms with Gasteiger partial charge in [0.05, 0.1) is 12.2 Å². The third-order valence-corrected chi connectivity index (χ3v) is 8.38. The Labute approximate surface area is 284 Å². The third kappa shape index (κ3) is 7.68. The molecule has 2 aromatic rings. The summed E-state index contributed by atoms with van der Waals surface area (Å²) in [5.74, 6) is -5.74. The quantitative estimate of drug-likeness (QED) is 0.0723. The average Bonchev–Trinajstić information content (AvgIpc) is 3.06. The number of hydrogen-bond donors (Lipinski definition) is 11. The molecule has 2 aromatic carbocycles. The zero-order valence-corrected chi connectivity index (χ0v) is 27.4. The van der Waals surface area contributed by atoms with Crippen molar-refractivity contribution in [2.75, 3.05) is 13.2 Å². The predicted molar refractivity (Wildman–Crippen MR) is 165 cm³/mol. The maximum Gasteiger partial charge on any atom is 0.338 e. The Kier molecular flexibility index (Phi) is 12.0. The van der Waals surface area contributed by atoms with Gasteiger partial charge < -0.3 is 79.9 Å². The van der Waals surface area contributed by atoms with Crippen molar-refractivity contribution < 1.29 is 89.4 Å². The highest BCUT2D eigenvalue weighted by Crippen LogP contribution is 2.45. The van der Waals surface area contributed by atoms with Gasteiger partial charge in [0.2, 0.25) is 12.6 Å². The smallest absolute Gasteiger partial charge is 0.338 e.